The molecule has 0 unspecified atom stereocenters. The lowest BCUT2D eigenvalue weighted by atomic mass is 10.0. The van der Waals surface area contributed by atoms with E-state index in [0.717, 1.165) is 24.6 Å². The molecule has 1 aliphatic rings. The predicted octanol–water partition coefficient (Wildman–Crippen LogP) is 4.24. The molecule has 0 aliphatic heterocycles. The summed E-state index contributed by atoms with van der Waals surface area (Å²) in [5.41, 5.74) is 0.576. The summed E-state index contributed by atoms with van der Waals surface area (Å²) >= 11 is 1.03. The van der Waals surface area contributed by atoms with Gasteiger partial charge in [-0.2, -0.15) is 0 Å². The Kier molecular flexibility index (Phi) is 4.26. The van der Waals surface area contributed by atoms with E-state index in [2.05, 4.69) is 10.2 Å². The zero-order valence-corrected chi connectivity index (χ0v) is 14.3. The summed E-state index contributed by atoms with van der Waals surface area (Å²) in [6, 6.07) is 13.1. The van der Waals surface area contributed by atoms with Crippen molar-refractivity contribution in [3.63, 3.8) is 0 Å². The van der Waals surface area contributed by atoms with Crippen LogP contribution in [0, 0.1) is 10.1 Å². The highest BCUT2D eigenvalue weighted by Crippen LogP contribution is 2.41. The summed E-state index contributed by atoms with van der Waals surface area (Å²) in [4.78, 5) is 23.8. The molecule has 8 heteroatoms. The fourth-order valence-electron chi connectivity index (χ4n) is 2.49. The second-order valence-electron chi connectivity index (χ2n) is 5.92. The van der Waals surface area contributed by atoms with Crippen LogP contribution in [0.2, 0.25) is 0 Å². The molecule has 2 aromatic carbocycles. The van der Waals surface area contributed by atoms with Gasteiger partial charge >= 0.3 is 0 Å². The molecule has 1 aliphatic carbocycles. The Morgan fingerprint density at radius 2 is 1.88 bits per heavy atom. The van der Waals surface area contributed by atoms with Crippen LogP contribution in [-0.4, -0.2) is 20.9 Å². The molecule has 1 aromatic heterocycles. The Hall–Kier alpha value is -3.00. The number of rotatable bonds is 6. The molecule has 1 fully saturated rings. The van der Waals surface area contributed by atoms with Crippen molar-refractivity contribution in [3.8, 4) is 0 Å². The van der Waals surface area contributed by atoms with E-state index in [1.54, 1.807) is 42.5 Å². The third-order valence-corrected chi connectivity index (χ3v) is 4.90. The van der Waals surface area contributed by atoms with Gasteiger partial charge in [-0.1, -0.05) is 30.3 Å². The predicted molar refractivity (Wildman–Crippen MR) is 93.4 cm³/mol. The van der Waals surface area contributed by atoms with E-state index < -0.39 is 4.92 Å². The highest BCUT2D eigenvalue weighted by molar-refractivity contribution is 7.99. The van der Waals surface area contributed by atoms with Crippen LogP contribution < -0.4 is 0 Å². The van der Waals surface area contributed by atoms with E-state index in [4.69, 9.17) is 4.42 Å². The van der Waals surface area contributed by atoms with Crippen LogP contribution in [0.5, 0.6) is 0 Å². The van der Waals surface area contributed by atoms with E-state index in [-0.39, 0.29) is 22.3 Å². The van der Waals surface area contributed by atoms with Gasteiger partial charge in [0.15, 0.2) is 5.78 Å². The third kappa shape index (κ3) is 3.36. The average molecular weight is 367 g/mol. The number of nitro benzene ring substituents is 1. The van der Waals surface area contributed by atoms with Gasteiger partial charge in [-0.15, -0.1) is 10.2 Å². The second-order valence-corrected chi connectivity index (χ2v) is 6.91. The van der Waals surface area contributed by atoms with Crippen LogP contribution >= 0.6 is 11.8 Å². The van der Waals surface area contributed by atoms with E-state index in [1.807, 2.05) is 0 Å². The van der Waals surface area contributed by atoms with Crippen molar-refractivity contribution in [1.82, 2.24) is 10.2 Å². The quantitative estimate of drug-likeness (QED) is 0.365. The molecular formula is C18H13N3O4S. The number of hydrogen-bond acceptors (Lipinski definition) is 7. The lowest BCUT2D eigenvalue weighted by molar-refractivity contribution is -0.387. The minimum absolute atomic E-state index is 0.164. The van der Waals surface area contributed by atoms with Gasteiger partial charge in [0.05, 0.1) is 9.82 Å². The third-order valence-electron chi connectivity index (χ3n) is 4.00. The summed E-state index contributed by atoms with van der Waals surface area (Å²) in [6.07, 6.45) is 2.06. The maximum atomic E-state index is 12.5. The Labute approximate surface area is 152 Å². The number of benzene rings is 2. The van der Waals surface area contributed by atoms with Crippen molar-refractivity contribution in [2.45, 2.75) is 28.9 Å². The molecular weight excluding hydrogens is 354 g/mol. The van der Waals surface area contributed by atoms with Crippen molar-refractivity contribution in [1.29, 1.82) is 0 Å². The first-order valence-corrected chi connectivity index (χ1v) is 8.83. The number of carbonyl (C=O) groups excluding carboxylic acids is 1. The summed E-state index contributed by atoms with van der Waals surface area (Å²) in [7, 11) is 0. The first-order chi connectivity index (χ1) is 12.6. The lowest BCUT2D eigenvalue weighted by Crippen LogP contribution is -2.02. The van der Waals surface area contributed by atoms with Crippen molar-refractivity contribution in [3.05, 3.63) is 75.7 Å². The van der Waals surface area contributed by atoms with Gasteiger partial charge in [0, 0.05) is 23.1 Å². The monoisotopic (exact) mass is 367 g/mol. The smallest absolute Gasteiger partial charge is 0.284 e. The summed E-state index contributed by atoms with van der Waals surface area (Å²) < 4.78 is 5.54. The van der Waals surface area contributed by atoms with Crippen LogP contribution in [0.3, 0.4) is 0 Å². The highest BCUT2D eigenvalue weighted by Gasteiger charge is 2.30. The Morgan fingerprint density at radius 1 is 1.12 bits per heavy atom. The van der Waals surface area contributed by atoms with E-state index >= 15 is 0 Å². The largest absolute Gasteiger partial charge is 0.415 e. The fraction of sp³-hybridized carbons (Fsp3) is 0.167. The van der Waals surface area contributed by atoms with Gasteiger partial charge in [0.25, 0.3) is 10.9 Å². The van der Waals surface area contributed by atoms with Gasteiger partial charge in [0.2, 0.25) is 5.89 Å². The van der Waals surface area contributed by atoms with Crippen molar-refractivity contribution in [2.24, 2.45) is 0 Å². The Balaban J connectivity index is 1.62. The first kappa shape index (κ1) is 16.5. The molecule has 0 amide bonds. The minimum atomic E-state index is -0.512. The van der Waals surface area contributed by atoms with Crippen LogP contribution in [0.25, 0.3) is 0 Å². The minimum Gasteiger partial charge on any atom is -0.415 e. The molecule has 4 rings (SSSR count). The summed E-state index contributed by atoms with van der Waals surface area (Å²) in [6.45, 7) is 0. The zero-order valence-electron chi connectivity index (χ0n) is 13.5. The van der Waals surface area contributed by atoms with Crippen LogP contribution in [-0.2, 0) is 0 Å². The maximum absolute atomic E-state index is 12.5. The molecule has 1 heterocycles. The van der Waals surface area contributed by atoms with Gasteiger partial charge in [-0.3, -0.25) is 14.9 Å². The molecule has 0 bridgehead atoms. The number of nitro groups is 1. The average Bonchev–Trinajstić information content (AvgIpc) is 3.41. The number of hydrogen-bond donors (Lipinski definition) is 0. The molecule has 0 radical (unpaired) electrons. The van der Waals surface area contributed by atoms with Gasteiger partial charge in [-0.05, 0) is 36.7 Å². The molecule has 0 spiro atoms. The summed E-state index contributed by atoms with van der Waals surface area (Å²) in [5.74, 6) is 0.628. The number of nitrogens with zero attached hydrogens (tertiary/aromatic N) is 3. The standard InChI is InChI=1S/C18H13N3O4S/c22-16(11-4-2-1-3-5-11)13-8-9-15(14(10-13)21(23)24)26-18-20-19-17(25-18)12-6-7-12/h1-5,8-10,12H,6-7H2. The summed E-state index contributed by atoms with van der Waals surface area (Å²) in [5, 5.41) is 19.6. The van der Waals surface area contributed by atoms with Crippen molar-refractivity contribution >= 4 is 23.2 Å². The van der Waals surface area contributed by atoms with Gasteiger partial charge in [-0.25, -0.2) is 0 Å². The molecule has 3 aromatic rings. The Bertz CT molecular complexity index is 983. The number of carbonyl (C=O) groups is 1. The van der Waals surface area contributed by atoms with Crippen molar-refractivity contribution in [2.75, 3.05) is 0 Å². The lowest BCUT2D eigenvalue weighted by Gasteiger charge is -2.04. The van der Waals surface area contributed by atoms with Crippen LogP contribution in [0.15, 0.2) is 63.1 Å². The normalized spacial score (nSPS) is 13.5. The topological polar surface area (TPSA) is 99.1 Å². The molecule has 0 N–H and O–H groups in total. The number of aromatic nitrogens is 2. The molecule has 130 valence electrons. The fourth-order valence-corrected chi connectivity index (χ4v) is 3.27. The van der Waals surface area contributed by atoms with Gasteiger partial charge in [0.1, 0.15) is 0 Å². The molecule has 26 heavy (non-hydrogen) atoms. The first-order valence-electron chi connectivity index (χ1n) is 8.01. The molecule has 0 saturated heterocycles. The molecule has 1 saturated carbocycles. The Morgan fingerprint density at radius 3 is 2.58 bits per heavy atom. The van der Waals surface area contributed by atoms with E-state index in [0.29, 0.717) is 22.3 Å². The van der Waals surface area contributed by atoms with Crippen molar-refractivity contribution < 1.29 is 14.1 Å². The van der Waals surface area contributed by atoms with E-state index in [1.165, 1.54) is 6.07 Å². The maximum Gasteiger partial charge on any atom is 0.284 e. The van der Waals surface area contributed by atoms with Crippen LogP contribution in [0.4, 0.5) is 5.69 Å². The SMILES string of the molecule is O=C(c1ccccc1)c1ccc(Sc2nnc(C3CC3)o2)c([N+](=O)[O-])c1. The molecule has 0 atom stereocenters. The van der Waals surface area contributed by atoms with E-state index in [9.17, 15) is 14.9 Å². The van der Waals surface area contributed by atoms with Gasteiger partial charge < -0.3 is 4.42 Å². The number of ketones is 1. The second kappa shape index (κ2) is 6.72. The highest BCUT2D eigenvalue weighted by atomic mass is 32.2. The van der Waals surface area contributed by atoms with Crippen LogP contribution in [0.1, 0.15) is 40.6 Å². The molecule has 7 nitrogen and oxygen atoms in total. The zero-order chi connectivity index (χ0) is 18.1.